The minimum Gasteiger partial charge on any atom is -0.358 e. The molecule has 2 aromatic rings. The van der Waals surface area contributed by atoms with Crippen molar-refractivity contribution in [3.63, 3.8) is 0 Å². The molecule has 0 aliphatic carbocycles. The lowest BCUT2D eigenvalue weighted by Crippen LogP contribution is -2.34. The number of amides is 1. The van der Waals surface area contributed by atoms with Crippen molar-refractivity contribution in [1.82, 2.24) is 14.9 Å². The summed E-state index contributed by atoms with van der Waals surface area (Å²) in [6, 6.07) is 12.1. The Morgan fingerprint density at radius 3 is 2.78 bits per heavy atom. The van der Waals surface area contributed by atoms with E-state index in [-0.39, 0.29) is 5.91 Å². The van der Waals surface area contributed by atoms with Crippen LogP contribution in [0.1, 0.15) is 24.2 Å². The number of rotatable bonds is 6. The first kappa shape index (κ1) is 15.5. The maximum atomic E-state index is 11.7. The quantitative estimate of drug-likeness (QED) is 0.820. The lowest BCUT2D eigenvalue weighted by Gasteiger charge is -2.22. The van der Waals surface area contributed by atoms with E-state index in [2.05, 4.69) is 27.0 Å². The zero-order chi connectivity index (χ0) is 16.1. The smallest absolute Gasteiger partial charge is 0.222 e. The van der Waals surface area contributed by atoms with E-state index in [0.29, 0.717) is 6.42 Å². The molecule has 5 heteroatoms. The Bertz CT molecular complexity index is 659. The van der Waals surface area contributed by atoms with E-state index in [9.17, 15) is 4.79 Å². The van der Waals surface area contributed by atoms with Gasteiger partial charge in [-0.05, 0) is 18.1 Å². The molecule has 2 heterocycles. The third kappa shape index (κ3) is 4.06. The molecule has 0 bridgehead atoms. The molecule has 0 N–H and O–H groups in total. The predicted molar refractivity (Wildman–Crippen MR) is 90.4 cm³/mol. The van der Waals surface area contributed by atoms with Crippen LogP contribution in [0, 0.1) is 0 Å². The van der Waals surface area contributed by atoms with Gasteiger partial charge in [-0.1, -0.05) is 30.3 Å². The van der Waals surface area contributed by atoms with E-state index < -0.39 is 0 Å². The fourth-order valence-electron chi connectivity index (χ4n) is 2.79. The maximum absolute atomic E-state index is 11.7. The Hall–Kier alpha value is -2.43. The van der Waals surface area contributed by atoms with E-state index in [1.54, 1.807) is 6.20 Å². The summed E-state index contributed by atoms with van der Waals surface area (Å²) < 4.78 is 0. The van der Waals surface area contributed by atoms with Crippen molar-refractivity contribution in [2.75, 3.05) is 31.6 Å². The molecule has 3 rings (SSSR count). The van der Waals surface area contributed by atoms with Crippen LogP contribution in [0.3, 0.4) is 0 Å². The second-order valence-electron chi connectivity index (χ2n) is 5.90. The summed E-state index contributed by atoms with van der Waals surface area (Å²) in [5.41, 5.74) is 1.20. The number of hydrogen-bond acceptors (Lipinski definition) is 4. The van der Waals surface area contributed by atoms with Gasteiger partial charge in [0.1, 0.15) is 11.6 Å². The molecular formula is C18H22N4O. The van der Waals surface area contributed by atoms with Crippen molar-refractivity contribution in [3.8, 4) is 0 Å². The highest BCUT2D eigenvalue weighted by atomic mass is 16.2. The molecule has 0 spiro atoms. The number of benzene rings is 1. The maximum Gasteiger partial charge on any atom is 0.222 e. The van der Waals surface area contributed by atoms with Gasteiger partial charge in [0.15, 0.2) is 0 Å². The minimum atomic E-state index is 0.269. The van der Waals surface area contributed by atoms with Crippen LogP contribution >= 0.6 is 0 Å². The van der Waals surface area contributed by atoms with E-state index in [1.807, 2.05) is 36.2 Å². The Labute approximate surface area is 137 Å². The normalized spacial score (nSPS) is 14.3. The summed E-state index contributed by atoms with van der Waals surface area (Å²) >= 11 is 0. The second kappa shape index (κ2) is 7.22. The summed E-state index contributed by atoms with van der Waals surface area (Å²) in [4.78, 5) is 24.7. The van der Waals surface area contributed by atoms with Crippen molar-refractivity contribution in [1.29, 1.82) is 0 Å². The molecule has 1 aromatic heterocycles. The third-order valence-electron chi connectivity index (χ3n) is 4.16. The van der Waals surface area contributed by atoms with Crippen molar-refractivity contribution in [3.05, 3.63) is 54.0 Å². The average molecular weight is 310 g/mol. The van der Waals surface area contributed by atoms with Gasteiger partial charge < -0.3 is 9.80 Å². The summed E-state index contributed by atoms with van der Waals surface area (Å²) in [7, 11) is 2.01. The summed E-state index contributed by atoms with van der Waals surface area (Å²) in [5.74, 6) is 1.99. The van der Waals surface area contributed by atoms with Gasteiger partial charge in [-0.3, -0.25) is 4.79 Å². The first-order valence-electron chi connectivity index (χ1n) is 8.07. The number of carbonyl (C=O) groups excluding carboxylic acids is 1. The van der Waals surface area contributed by atoms with Crippen LogP contribution < -0.4 is 4.90 Å². The minimum absolute atomic E-state index is 0.269. The molecule has 5 nitrogen and oxygen atoms in total. The molecule has 0 atom stereocenters. The van der Waals surface area contributed by atoms with Crippen molar-refractivity contribution in [2.24, 2.45) is 0 Å². The van der Waals surface area contributed by atoms with Crippen LogP contribution in [0.15, 0.2) is 42.6 Å². The lowest BCUT2D eigenvalue weighted by molar-refractivity contribution is -0.127. The zero-order valence-electron chi connectivity index (χ0n) is 13.5. The molecule has 1 amide bonds. The fourth-order valence-corrected chi connectivity index (χ4v) is 2.79. The first-order chi connectivity index (χ1) is 11.2. The van der Waals surface area contributed by atoms with Gasteiger partial charge in [0.05, 0.1) is 0 Å². The summed E-state index contributed by atoms with van der Waals surface area (Å²) in [6.45, 7) is 2.43. The number of carbonyl (C=O) groups is 1. The molecule has 23 heavy (non-hydrogen) atoms. The number of likely N-dealkylation sites (N-methyl/N-ethyl adjacent to an activating group) is 1. The van der Waals surface area contributed by atoms with Gasteiger partial charge in [0, 0.05) is 45.7 Å². The van der Waals surface area contributed by atoms with E-state index >= 15 is 0 Å². The monoisotopic (exact) mass is 310 g/mol. The van der Waals surface area contributed by atoms with Gasteiger partial charge in [-0.15, -0.1) is 0 Å². The Balaban J connectivity index is 1.61. The van der Waals surface area contributed by atoms with Crippen LogP contribution in [0.5, 0.6) is 0 Å². The van der Waals surface area contributed by atoms with Crippen LogP contribution in [0.25, 0.3) is 0 Å². The highest BCUT2D eigenvalue weighted by Gasteiger charge is 2.20. The fraction of sp³-hybridized carbons (Fsp3) is 0.389. The molecule has 1 fully saturated rings. The van der Waals surface area contributed by atoms with Crippen molar-refractivity contribution >= 4 is 11.7 Å². The van der Waals surface area contributed by atoms with Gasteiger partial charge >= 0.3 is 0 Å². The zero-order valence-corrected chi connectivity index (χ0v) is 13.5. The molecule has 1 aliphatic heterocycles. The number of aromatic nitrogens is 2. The number of nitrogens with zero attached hydrogens (tertiary/aromatic N) is 4. The van der Waals surface area contributed by atoms with Gasteiger partial charge in [0.25, 0.3) is 0 Å². The van der Waals surface area contributed by atoms with Crippen LogP contribution in [-0.2, 0) is 11.2 Å². The number of hydrogen-bond donors (Lipinski definition) is 0. The molecular weight excluding hydrogens is 288 g/mol. The first-order valence-corrected chi connectivity index (χ1v) is 8.07. The standard InChI is InChI=1S/C18H22N4O/c1-21(12-13-22-11-5-8-18(22)23)17-9-10-19-16(20-17)14-15-6-3-2-4-7-15/h2-4,6-7,9-10H,5,8,11-14H2,1H3. The van der Waals surface area contributed by atoms with Gasteiger partial charge in [-0.25, -0.2) is 9.97 Å². The summed E-state index contributed by atoms with van der Waals surface area (Å²) in [5, 5.41) is 0. The van der Waals surface area contributed by atoms with Crippen LogP contribution in [-0.4, -0.2) is 47.5 Å². The van der Waals surface area contributed by atoms with Crippen molar-refractivity contribution in [2.45, 2.75) is 19.3 Å². The lowest BCUT2D eigenvalue weighted by atomic mass is 10.1. The Morgan fingerprint density at radius 1 is 1.22 bits per heavy atom. The Kier molecular flexibility index (Phi) is 4.86. The second-order valence-corrected chi connectivity index (χ2v) is 5.90. The van der Waals surface area contributed by atoms with E-state index in [0.717, 1.165) is 44.1 Å². The van der Waals surface area contributed by atoms with Gasteiger partial charge in [0.2, 0.25) is 5.91 Å². The average Bonchev–Trinajstić information content (AvgIpc) is 2.99. The molecule has 1 saturated heterocycles. The summed E-state index contributed by atoms with van der Waals surface area (Å²) in [6.07, 6.45) is 4.21. The topological polar surface area (TPSA) is 49.3 Å². The Morgan fingerprint density at radius 2 is 2.04 bits per heavy atom. The van der Waals surface area contributed by atoms with Crippen LogP contribution in [0.2, 0.25) is 0 Å². The highest BCUT2D eigenvalue weighted by molar-refractivity contribution is 5.78. The predicted octanol–water partition coefficient (Wildman–Crippen LogP) is 2.13. The molecule has 0 radical (unpaired) electrons. The largest absolute Gasteiger partial charge is 0.358 e. The molecule has 120 valence electrons. The van der Waals surface area contributed by atoms with E-state index in [4.69, 9.17) is 0 Å². The van der Waals surface area contributed by atoms with Crippen molar-refractivity contribution < 1.29 is 4.79 Å². The van der Waals surface area contributed by atoms with E-state index in [1.165, 1.54) is 5.56 Å². The number of likely N-dealkylation sites (tertiary alicyclic amines) is 1. The SMILES string of the molecule is CN(CCN1CCCC1=O)c1ccnc(Cc2ccccc2)n1. The molecule has 1 aromatic carbocycles. The third-order valence-corrected chi connectivity index (χ3v) is 4.16. The van der Waals surface area contributed by atoms with Gasteiger partial charge in [-0.2, -0.15) is 0 Å². The molecule has 0 unspecified atom stereocenters. The number of anilines is 1. The molecule has 0 saturated carbocycles. The van der Waals surface area contributed by atoms with Crippen LogP contribution in [0.4, 0.5) is 5.82 Å². The molecule has 1 aliphatic rings. The highest BCUT2D eigenvalue weighted by Crippen LogP contribution is 2.13.